The largest absolute Gasteiger partial charge is 0.283 e. The van der Waals surface area contributed by atoms with Gasteiger partial charge >= 0.3 is 0 Å². The second-order valence-electron chi connectivity index (χ2n) is 4.23. The standard InChI is InChI=1S/C11H22O2S/c1-6-8-9-10(7-2)13-14(12)11(3,4)5/h8-10H,6-7H2,1-5H3/b9-8+/t10-,14?/m1/s1. The zero-order valence-electron chi connectivity index (χ0n) is 9.87. The second kappa shape index (κ2) is 6.36. The van der Waals surface area contributed by atoms with E-state index < -0.39 is 11.1 Å². The van der Waals surface area contributed by atoms with Gasteiger partial charge in [0, 0.05) is 0 Å². The topological polar surface area (TPSA) is 26.3 Å². The Kier molecular flexibility index (Phi) is 6.29. The highest BCUT2D eigenvalue weighted by molar-refractivity contribution is 7.81. The summed E-state index contributed by atoms with van der Waals surface area (Å²) in [5.74, 6) is 0. The van der Waals surface area contributed by atoms with Gasteiger partial charge in [0.2, 0.25) is 0 Å². The third kappa shape index (κ3) is 5.55. The molecule has 2 atom stereocenters. The quantitative estimate of drug-likeness (QED) is 0.662. The molecule has 84 valence electrons. The van der Waals surface area contributed by atoms with E-state index >= 15 is 0 Å². The van der Waals surface area contributed by atoms with E-state index in [9.17, 15) is 4.21 Å². The number of hydrogen-bond donors (Lipinski definition) is 0. The predicted molar refractivity (Wildman–Crippen MR) is 62.5 cm³/mol. The van der Waals surface area contributed by atoms with Gasteiger partial charge in [-0.3, -0.25) is 4.18 Å². The molecule has 0 aliphatic carbocycles. The van der Waals surface area contributed by atoms with Gasteiger partial charge in [0.25, 0.3) is 0 Å². The summed E-state index contributed by atoms with van der Waals surface area (Å²) in [4.78, 5) is 0. The lowest BCUT2D eigenvalue weighted by Crippen LogP contribution is -2.26. The molecular formula is C11H22O2S. The van der Waals surface area contributed by atoms with Crippen LogP contribution in [-0.4, -0.2) is 15.1 Å². The van der Waals surface area contributed by atoms with Crippen molar-refractivity contribution >= 4 is 11.1 Å². The van der Waals surface area contributed by atoms with Gasteiger partial charge in [-0.05, 0) is 33.6 Å². The summed E-state index contributed by atoms with van der Waals surface area (Å²) in [6.45, 7) is 9.85. The van der Waals surface area contributed by atoms with E-state index in [0.29, 0.717) is 0 Å². The van der Waals surface area contributed by atoms with Crippen LogP contribution in [-0.2, 0) is 15.3 Å². The van der Waals surface area contributed by atoms with Crippen LogP contribution in [0.15, 0.2) is 12.2 Å². The molecule has 0 aliphatic heterocycles. The molecular weight excluding hydrogens is 196 g/mol. The maximum atomic E-state index is 11.7. The molecule has 0 aromatic carbocycles. The van der Waals surface area contributed by atoms with Gasteiger partial charge in [0.1, 0.15) is 0 Å². The summed E-state index contributed by atoms with van der Waals surface area (Å²) in [5, 5.41) is 0. The molecule has 0 N–H and O–H groups in total. The second-order valence-corrected chi connectivity index (χ2v) is 6.11. The maximum Gasteiger partial charge on any atom is 0.161 e. The SMILES string of the molecule is CC/C=C/[C@@H](CC)OS(=O)C(C)(C)C. The van der Waals surface area contributed by atoms with Gasteiger partial charge in [-0.15, -0.1) is 0 Å². The minimum atomic E-state index is -1.22. The van der Waals surface area contributed by atoms with Gasteiger partial charge in [-0.2, -0.15) is 0 Å². The zero-order chi connectivity index (χ0) is 11.2. The molecule has 0 heterocycles. The minimum Gasteiger partial charge on any atom is -0.283 e. The van der Waals surface area contributed by atoms with Crippen LogP contribution in [0.2, 0.25) is 0 Å². The fourth-order valence-corrected chi connectivity index (χ4v) is 1.49. The predicted octanol–water partition coefficient (Wildman–Crippen LogP) is 3.21. The molecule has 0 saturated heterocycles. The van der Waals surface area contributed by atoms with E-state index in [1.807, 2.05) is 39.8 Å². The Morgan fingerprint density at radius 2 is 1.93 bits per heavy atom. The third-order valence-corrected chi connectivity index (χ3v) is 3.12. The van der Waals surface area contributed by atoms with Crippen molar-refractivity contribution in [1.82, 2.24) is 0 Å². The van der Waals surface area contributed by atoms with E-state index in [-0.39, 0.29) is 10.9 Å². The average molecular weight is 218 g/mol. The molecule has 1 unspecified atom stereocenters. The highest BCUT2D eigenvalue weighted by atomic mass is 32.2. The van der Waals surface area contributed by atoms with Crippen LogP contribution in [0.25, 0.3) is 0 Å². The van der Waals surface area contributed by atoms with Crippen LogP contribution in [0.4, 0.5) is 0 Å². The maximum absolute atomic E-state index is 11.7. The molecule has 3 heteroatoms. The van der Waals surface area contributed by atoms with Crippen LogP contribution in [0.5, 0.6) is 0 Å². The monoisotopic (exact) mass is 218 g/mol. The first-order valence-electron chi connectivity index (χ1n) is 5.17. The van der Waals surface area contributed by atoms with Gasteiger partial charge in [-0.25, -0.2) is 4.21 Å². The first-order valence-corrected chi connectivity index (χ1v) is 6.25. The molecule has 0 rings (SSSR count). The smallest absolute Gasteiger partial charge is 0.161 e. The van der Waals surface area contributed by atoms with Gasteiger partial charge < -0.3 is 0 Å². The van der Waals surface area contributed by atoms with Crippen molar-refractivity contribution in [2.75, 3.05) is 0 Å². The van der Waals surface area contributed by atoms with E-state index in [1.165, 1.54) is 0 Å². The lowest BCUT2D eigenvalue weighted by atomic mass is 10.2. The van der Waals surface area contributed by atoms with Gasteiger partial charge in [-0.1, -0.05) is 26.0 Å². The van der Waals surface area contributed by atoms with Crippen molar-refractivity contribution in [3.05, 3.63) is 12.2 Å². The summed E-state index contributed by atoms with van der Waals surface area (Å²) in [6.07, 6.45) is 5.87. The minimum absolute atomic E-state index is 0.0185. The van der Waals surface area contributed by atoms with Crippen LogP contribution in [0.1, 0.15) is 47.5 Å². The third-order valence-electron chi connectivity index (χ3n) is 1.70. The normalized spacial score (nSPS) is 17.2. The first-order chi connectivity index (χ1) is 6.41. The summed E-state index contributed by atoms with van der Waals surface area (Å²) in [5.41, 5.74) is 0. The fraction of sp³-hybridized carbons (Fsp3) is 0.818. The highest BCUT2D eigenvalue weighted by Gasteiger charge is 2.22. The summed E-state index contributed by atoms with van der Waals surface area (Å²) < 4.78 is 16.8. The summed E-state index contributed by atoms with van der Waals surface area (Å²) in [6, 6.07) is 0. The number of allylic oxidation sites excluding steroid dienone is 1. The van der Waals surface area contributed by atoms with Crippen molar-refractivity contribution < 1.29 is 8.39 Å². The molecule has 0 radical (unpaired) electrons. The van der Waals surface area contributed by atoms with Crippen molar-refractivity contribution in [3.63, 3.8) is 0 Å². The lowest BCUT2D eigenvalue weighted by molar-refractivity contribution is 0.264. The molecule has 0 amide bonds. The molecule has 0 aromatic rings. The number of hydrogen-bond acceptors (Lipinski definition) is 2. The Labute approximate surface area is 90.4 Å². The first kappa shape index (κ1) is 13.8. The van der Waals surface area contributed by atoms with E-state index in [2.05, 4.69) is 6.92 Å². The van der Waals surface area contributed by atoms with Crippen LogP contribution in [0.3, 0.4) is 0 Å². The molecule has 0 fully saturated rings. The average Bonchev–Trinajstić information content (AvgIpc) is 2.10. The van der Waals surface area contributed by atoms with Crippen molar-refractivity contribution in [2.45, 2.75) is 58.3 Å². The lowest BCUT2D eigenvalue weighted by Gasteiger charge is -2.20. The molecule has 0 spiro atoms. The van der Waals surface area contributed by atoms with Crippen molar-refractivity contribution in [3.8, 4) is 0 Å². The molecule has 0 bridgehead atoms. The summed E-state index contributed by atoms with van der Waals surface area (Å²) in [7, 11) is 0. The molecule has 0 aromatic heterocycles. The van der Waals surface area contributed by atoms with Crippen LogP contribution >= 0.6 is 0 Å². The fourth-order valence-electron chi connectivity index (χ4n) is 0.781. The van der Waals surface area contributed by atoms with Crippen LogP contribution < -0.4 is 0 Å². The molecule has 2 nitrogen and oxygen atoms in total. The Balaban J connectivity index is 4.19. The van der Waals surface area contributed by atoms with Gasteiger partial charge in [0.15, 0.2) is 11.1 Å². The Bertz CT molecular complexity index is 204. The van der Waals surface area contributed by atoms with Crippen LogP contribution in [0, 0.1) is 0 Å². The van der Waals surface area contributed by atoms with E-state index in [1.54, 1.807) is 0 Å². The molecule has 14 heavy (non-hydrogen) atoms. The molecule has 0 saturated carbocycles. The van der Waals surface area contributed by atoms with E-state index in [0.717, 1.165) is 12.8 Å². The Morgan fingerprint density at radius 1 is 1.36 bits per heavy atom. The Morgan fingerprint density at radius 3 is 2.29 bits per heavy atom. The Hall–Kier alpha value is -0.150. The van der Waals surface area contributed by atoms with Gasteiger partial charge in [0.05, 0.1) is 10.9 Å². The molecule has 0 aliphatic rings. The van der Waals surface area contributed by atoms with Crippen molar-refractivity contribution in [2.24, 2.45) is 0 Å². The highest BCUT2D eigenvalue weighted by Crippen LogP contribution is 2.16. The van der Waals surface area contributed by atoms with E-state index in [4.69, 9.17) is 4.18 Å². The zero-order valence-corrected chi connectivity index (χ0v) is 10.7. The number of rotatable bonds is 5. The summed E-state index contributed by atoms with van der Waals surface area (Å²) >= 11 is -1.22. The van der Waals surface area contributed by atoms with Crippen molar-refractivity contribution in [1.29, 1.82) is 0 Å².